The highest BCUT2D eigenvalue weighted by atomic mass is 35.5. The molecule has 200 valence electrons. The number of H-pyrrole nitrogens is 1. The molecule has 0 spiro atoms. The molecule has 0 fully saturated rings. The zero-order valence-electron chi connectivity index (χ0n) is 22.1. The molecule has 2 N–H and O–H groups in total. The van der Waals surface area contributed by atoms with E-state index in [2.05, 4.69) is 61.5 Å². The highest BCUT2D eigenvalue weighted by Crippen LogP contribution is 2.27. The highest BCUT2D eigenvalue weighted by molar-refractivity contribution is 6.29. The van der Waals surface area contributed by atoms with Gasteiger partial charge >= 0.3 is 0 Å². The summed E-state index contributed by atoms with van der Waals surface area (Å²) < 4.78 is 1.46. The predicted molar refractivity (Wildman–Crippen MR) is 157 cm³/mol. The van der Waals surface area contributed by atoms with Crippen LogP contribution >= 0.6 is 11.6 Å². The molecule has 8 nitrogen and oxygen atoms in total. The van der Waals surface area contributed by atoms with Crippen LogP contribution in [0.25, 0.3) is 22.2 Å². The first-order valence-electron chi connectivity index (χ1n) is 12.7. The van der Waals surface area contributed by atoms with Crippen LogP contribution in [0.15, 0.2) is 83.9 Å². The fourth-order valence-electron chi connectivity index (χ4n) is 4.35. The van der Waals surface area contributed by atoms with Gasteiger partial charge in [0.1, 0.15) is 10.7 Å². The Morgan fingerprint density at radius 2 is 1.88 bits per heavy atom. The maximum atomic E-state index is 12.8. The molecule has 0 saturated heterocycles. The number of pyridine rings is 2. The number of aromatic nitrogens is 4. The van der Waals surface area contributed by atoms with Gasteiger partial charge in [-0.3, -0.25) is 14.7 Å². The highest BCUT2D eigenvalue weighted by Gasteiger charge is 2.12. The van der Waals surface area contributed by atoms with Crippen LogP contribution in [0.3, 0.4) is 0 Å². The van der Waals surface area contributed by atoms with Crippen molar-refractivity contribution in [3.8, 4) is 23.1 Å². The number of carbonyl (C=O) groups excluding carboxylic acids is 1. The van der Waals surface area contributed by atoms with Crippen molar-refractivity contribution in [1.29, 1.82) is 0 Å². The molecule has 3 heterocycles. The molecule has 1 amide bonds. The van der Waals surface area contributed by atoms with E-state index in [1.54, 1.807) is 30.6 Å². The Balaban J connectivity index is 1.23. The minimum absolute atomic E-state index is 0.0485. The number of carbonyl (C=O) groups is 1. The molecule has 0 aliphatic carbocycles. The number of rotatable bonds is 7. The number of benzene rings is 2. The zero-order chi connectivity index (χ0) is 28.1. The van der Waals surface area contributed by atoms with Crippen molar-refractivity contribution in [2.75, 3.05) is 20.6 Å². The average molecular weight is 551 g/mol. The van der Waals surface area contributed by atoms with E-state index >= 15 is 0 Å². The Kier molecular flexibility index (Phi) is 8.06. The molecule has 0 aliphatic rings. The molecule has 3 aromatic heterocycles. The summed E-state index contributed by atoms with van der Waals surface area (Å²) >= 11 is 5.83. The van der Waals surface area contributed by atoms with E-state index in [-0.39, 0.29) is 18.7 Å². The van der Waals surface area contributed by atoms with E-state index in [0.717, 1.165) is 39.8 Å². The number of halogens is 1. The van der Waals surface area contributed by atoms with Crippen LogP contribution < -0.4 is 10.9 Å². The first kappa shape index (κ1) is 26.9. The first-order valence-corrected chi connectivity index (χ1v) is 13.0. The van der Waals surface area contributed by atoms with Crippen LogP contribution in [0.1, 0.15) is 27.0 Å². The van der Waals surface area contributed by atoms with Crippen LogP contribution in [0.4, 0.5) is 0 Å². The van der Waals surface area contributed by atoms with Crippen LogP contribution in [-0.2, 0) is 13.1 Å². The summed E-state index contributed by atoms with van der Waals surface area (Å²) in [6, 6.07) is 20.9. The predicted octanol–water partition coefficient (Wildman–Crippen LogP) is 4.33. The van der Waals surface area contributed by atoms with Gasteiger partial charge in [0.25, 0.3) is 11.5 Å². The lowest BCUT2D eigenvalue weighted by Crippen LogP contribution is -2.33. The second-order valence-electron chi connectivity index (χ2n) is 9.60. The summed E-state index contributed by atoms with van der Waals surface area (Å²) in [7, 11) is 4.10. The van der Waals surface area contributed by atoms with E-state index in [4.69, 9.17) is 11.6 Å². The fraction of sp³-hybridized carbons (Fsp3) is 0.161. The van der Waals surface area contributed by atoms with Gasteiger partial charge in [0, 0.05) is 35.5 Å². The van der Waals surface area contributed by atoms with Crippen LogP contribution in [0.2, 0.25) is 5.15 Å². The molecule has 0 unspecified atom stereocenters. The SMILES string of the molecule is CN(C)Cc1ccc(-c2n[nH]c3cc(C#CCNC(=O)c4cccn(Cc5ccc(Cl)nc5)c4=O)ccc23)cc1. The van der Waals surface area contributed by atoms with Gasteiger partial charge < -0.3 is 14.8 Å². The number of nitrogens with zero attached hydrogens (tertiary/aromatic N) is 4. The maximum Gasteiger partial charge on any atom is 0.263 e. The summed E-state index contributed by atoms with van der Waals surface area (Å²) in [6.07, 6.45) is 3.23. The van der Waals surface area contributed by atoms with Crippen LogP contribution in [0.5, 0.6) is 0 Å². The molecule has 5 rings (SSSR count). The van der Waals surface area contributed by atoms with Gasteiger partial charge in [-0.2, -0.15) is 5.10 Å². The number of aromatic amines is 1. The Morgan fingerprint density at radius 3 is 2.62 bits per heavy atom. The third kappa shape index (κ3) is 6.29. The first-order chi connectivity index (χ1) is 19.4. The van der Waals surface area contributed by atoms with Crippen molar-refractivity contribution < 1.29 is 4.79 Å². The van der Waals surface area contributed by atoms with E-state index < -0.39 is 11.5 Å². The summed E-state index contributed by atoms with van der Waals surface area (Å²) in [5.41, 5.74) is 5.30. The molecule has 2 aromatic carbocycles. The lowest BCUT2D eigenvalue weighted by atomic mass is 10.0. The molecule has 0 bridgehead atoms. The van der Waals surface area contributed by atoms with Crippen LogP contribution in [0, 0.1) is 11.8 Å². The van der Waals surface area contributed by atoms with Crippen molar-refractivity contribution in [1.82, 2.24) is 30.0 Å². The quantitative estimate of drug-likeness (QED) is 0.232. The van der Waals surface area contributed by atoms with Gasteiger partial charge in [-0.1, -0.05) is 53.8 Å². The summed E-state index contributed by atoms with van der Waals surface area (Å²) in [5.74, 6) is 5.54. The van der Waals surface area contributed by atoms with Crippen molar-refractivity contribution in [2.24, 2.45) is 0 Å². The lowest BCUT2D eigenvalue weighted by Gasteiger charge is -2.09. The number of hydrogen-bond donors (Lipinski definition) is 2. The Morgan fingerprint density at radius 1 is 1.07 bits per heavy atom. The van der Waals surface area contributed by atoms with Gasteiger partial charge in [0.05, 0.1) is 24.3 Å². The van der Waals surface area contributed by atoms with Crippen molar-refractivity contribution >= 4 is 28.4 Å². The van der Waals surface area contributed by atoms with Gasteiger partial charge in [0.15, 0.2) is 0 Å². The molecule has 0 atom stereocenters. The number of amides is 1. The molecular weight excluding hydrogens is 524 g/mol. The molecular formula is C31H27ClN6O2. The fourth-order valence-corrected chi connectivity index (χ4v) is 4.46. The molecule has 40 heavy (non-hydrogen) atoms. The summed E-state index contributed by atoms with van der Waals surface area (Å²) in [6.45, 7) is 1.26. The van der Waals surface area contributed by atoms with Crippen molar-refractivity contribution in [3.63, 3.8) is 0 Å². The van der Waals surface area contributed by atoms with E-state index in [1.807, 2.05) is 32.3 Å². The molecule has 0 radical (unpaired) electrons. The third-order valence-corrected chi connectivity index (χ3v) is 6.49. The normalized spacial score (nSPS) is 10.9. The van der Waals surface area contributed by atoms with E-state index in [9.17, 15) is 9.59 Å². The molecule has 5 aromatic rings. The van der Waals surface area contributed by atoms with Gasteiger partial charge in [-0.15, -0.1) is 0 Å². The van der Waals surface area contributed by atoms with Gasteiger partial charge in [-0.05, 0) is 61.6 Å². The smallest absolute Gasteiger partial charge is 0.263 e. The summed E-state index contributed by atoms with van der Waals surface area (Å²) in [4.78, 5) is 31.7. The van der Waals surface area contributed by atoms with Gasteiger partial charge in [-0.25, -0.2) is 4.98 Å². The number of hydrogen-bond acceptors (Lipinski definition) is 5. The second kappa shape index (κ2) is 12.0. The second-order valence-corrected chi connectivity index (χ2v) is 9.98. The van der Waals surface area contributed by atoms with E-state index in [1.165, 1.54) is 16.2 Å². The number of fused-ring (bicyclic) bond motifs is 1. The standard InChI is InChI=1S/C31H27ClN6O2/c1-37(2)19-22-7-11-24(12-8-22)29-25-13-9-21(17-27(25)35-36-29)5-3-15-33-30(39)26-6-4-16-38(31(26)40)20-23-10-14-28(32)34-18-23/h4,6-14,16-18H,15,19-20H2,1-2H3,(H,33,39)(H,35,36). The summed E-state index contributed by atoms with van der Waals surface area (Å²) in [5, 5.41) is 11.7. The van der Waals surface area contributed by atoms with Gasteiger partial charge in [0.2, 0.25) is 0 Å². The largest absolute Gasteiger partial charge is 0.341 e. The van der Waals surface area contributed by atoms with E-state index in [0.29, 0.717) is 5.15 Å². The molecule has 9 heteroatoms. The Hall–Kier alpha value is -4.71. The van der Waals surface area contributed by atoms with Crippen LogP contribution in [-0.4, -0.2) is 51.2 Å². The average Bonchev–Trinajstić information content (AvgIpc) is 3.37. The molecule has 0 saturated carbocycles. The molecule has 0 aliphatic heterocycles. The lowest BCUT2D eigenvalue weighted by molar-refractivity contribution is 0.0956. The van der Waals surface area contributed by atoms with Crippen molar-refractivity contribution in [3.05, 3.63) is 117 Å². The Labute approximate surface area is 236 Å². The minimum Gasteiger partial charge on any atom is -0.341 e. The topological polar surface area (TPSA) is 95.9 Å². The maximum absolute atomic E-state index is 12.8. The number of nitrogens with one attached hydrogen (secondary N) is 2. The minimum atomic E-state index is -0.479. The Bertz CT molecular complexity index is 1780. The van der Waals surface area contributed by atoms with Crippen molar-refractivity contribution in [2.45, 2.75) is 13.1 Å². The zero-order valence-corrected chi connectivity index (χ0v) is 22.9. The third-order valence-electron chi connectivity index (χ3n) is 6.27. The monoisotopic (exact) mass is 550 g/mol.